The first kappa shape index (κ1) is 15.6. The molecule has 0 aromatic rings. The normalized spacial score (nSPS) is 28.2. The Morgan fingerprint density at radius 2 is 1.50 bits per heavy atom. The summed E-state index contributed by atoms with van der Waals surface area (Å²) in [7, 11) is 0. The second-order valence-electron chi connectivity index (χ2n) is 4.98. The number of alkyl halides is 6. The van der Waals surface area contributed by atoms with Gasteiger partial charge in [0.1, 0.15) is 0 Å². The fraction of sp³-hybridized carbons (Fsp3) is 1.00. The van der Waals surface area contributed by atoms with E-state index in [2.05, 4.69) is 5.32 Å². The molecular formula is C11H17F6N. The van der Waals surface area contributed by atoms with Crippen LogP contribution in [0.3, 0.4) is 0 Å². The minimum absolute atomic E-state index is 0.0000947. The molecule has 0 aliphatic heterocycles. The van der Waals surface area contributed by atoms with Gasteiger partial charge in [0.25, 0.3) is 0 Å². The van der Waals surface area contributed by atoms with Crippen molar-refractivity contribution in [2.24, 2.45) is 5.92 Å². The largest absolute Gasteiger partial charge is 0.391 e. The van der Waals surface area contributed by atoms with Gasteiger partial charge in [0.15, 0.2) is 0 Å². The van der Waals surface area contributed by atoms with Crippen LogP contribution >= 0.6 is 0 Å². The Morgan fingerprint density at radius 1 is 1.00 bits per heavy atom. The first-order chi connectivity index (χ1) is 8.08. The molecule has 0 bridgehead atoms. The number of nitrogens with one attached hydrogen (secondary N) is 1. The number of rotatable bonds is 3. The summed E-state index contributed by atoms with van der Waals surface area (Å²) in [5, 5.41) is 2.76. The third kappa shape index (κ3) is 5.46. The molecular weight excluding hydrogens is 260 g/mol. The Kier molecular flexibility index (Phi) is 4.91. The van der Waals surface area contributed by atoms with E-state index in [1.54, 1.807) is 0 Å². The second kappa shape index (κ2) is 5.67. The fourth-order valence-corrected chi connectivity index (χ4v) is 2.40. The molecule has 1 aliphatic rings. The first-order valence-corrected chi connectivity index (χ1v) is 5.97. The maximum atomic E-state index is 12.4. The van der Waals surface area contributed by atoms with Gasteiger partial charge in [-0.15, -0.1) is 0 Å². The molecule has 0 aromatic carbocycles. The highest BCUT2D eigenvalue weighted by Gasteiger charge is 2.41. The summed E-state index contributed by atoms with van der Waals surface area (Å²) < 4.78 is 73.4. The third-order valence-corrected chi connectivity index (χ3v) is 3.25. The van der Waals surface area contributed by atoms with Crippen LogP contribution in [0, 0.1) is 5.92 Å². The van der Waals surface area contributed by atoms with Crippen LogP contribution in [-0.4, -0.2) is 24.4 Å². The molecule has 1 unspecified atom stereocenters. The smallest absolute Gasteiger partial charge is 0.311 e. The molecule has 1 N–H and O–H groups in total. The average Bonchev–Trinajstić information content (AvgIpc) is 2.13. The monoisotopic (exact) mass is 277 g/mol. The zero-order valence-electron chi connectivity index (χ0n) is 10.0. The van der Waals surface area contributed by atoms with Crippen molar-refractivity contribution in [1.29, 1.82) is 0 Å². The van der Waals surface area contributed by atoms with Gasteiger partial charge in [-0.2, -0.15) is 26.3 Å². The summed E-state index contributed by atoms with van der Waals surface area (Å²) >= 11 is 0. The number of hydrogen-bond donors (Lipinski definition) is 1. The van der Waals surface area contributed by atoms with Gasteiger partial charge in [-0.05, 0) is 32.6 Å². The highest BCUT2D eigenvalue weighted by molar-refractivity contribution is 4.82. The van der Waals surface area contributed by atoms with Gasteiger partial charge >= 0.3 is 12.4 Å². The number of halogens is 6. The maximum Gasteiger partial charge on any atom is 0.391 e. The molecule has 108 valence electrons. The predicted octanol–water partition coefficient (Wildman–Crippen LogP) is 4.04. The van der Waals surface area contributed by atoms with Crippen LogP contribution in [0.2, 0.25) is 0 Å². The summed E-state index contributed by atoms with van der Waals surface area (Å²) in [4.78, 5) is 0. The van der Waals surface area contributed by atoms with Crippen molar-refractivity contribution < 1.29 is 26.3 Å². The van der Waals surface area contributed by atoms with Gasteiger partial charge in [0.05, 0.1) is 12.3 Å². The van der Waals surface area contributed by atoms with E-state index in [1.807, 2.05) is 0 Å². The van der Waals surface area contributed by atoms with Gasteiger partial charge in [-0.25, -0.2) is 0 Å². The van der Waals surface area contributed by atoms with E-state index >= 15 is 0 Å². The van der Waals surface area contributed by atoms with Crippen molar-refractivity contribution in [1.82, 2.24) is 5.32 Å². The van der Waals surface area contributed by atoms with Crippen LogP contribution in [0.15, 0.2) is 0 Å². The second-order valence-corrected chi connectivity index (χ2v) is 4.98. The molecule has 0 heterocycles. The molecule has 0 radical (unpaired) electrons. The molecule has 18 heavy (non-hydrogen) atoms. The Balaban J connectivity index is 2.32. The van der Waals surface area contributed by atoms with Gasteiger partial charge in [-0.3, -0.25) is 0 Å². The maximum absolute atomic E-state index is 12.4. The van der Waals surface area contributed by atoms with E-state index in [0.717, 1.165) is 0 Å². The lowest BCUT2D eigenvalue weighted by Crippen LogP contribution is -2.42. The van der Waals surface area contributed by atoms with E-state index in [-0.39, 0.29) is 31.7 Å². The van der Waals surface area contributed by atoms with Crippen molar-refractivity contribution in [3.05, 3.63) is 0 Å². The van der Waals surface area contributed by atoms with Crippen molar-refractivity contribution in [2.45, 2.75) is 63.5 Å². The van der Waals surface area contributed by atoms with Gasteiger partial charge in [0, 0.05) is 12.1 Å². The molecule has 1 rings (SSSR count). The molecule has 0 saturated heterocycles. The van der Waals surface area contributed by atoms with Crippen LogP contribution in [0.5, 0.6) is 0 Å². The Bertz CT molecular complexity index is 251. The van der Waals surface area contributed by atoms with Gasteiger partial charge < -0.3 is 5.32 Å². The van der Waals surface area contributed by atoms with Gasteiger partial charge in [0.2, 0.25) is 0 Å². The minimum Gasteiger partial charge on any atom is -0.311 e. The van der Waals surface area contributed by atoms with Crippen molar-refractivity contribution in [3.63, 3.8) is 0 Å². The first-order valence-electron chi connectivity index (χ1n) is 5.97. The molecule has 1 nitrogen and oxygen atoms in total. The molecule has 1 saturated carbocycles. The van der Waals surface area contributed by atoms with E-state index in [9.17, 15) is 26.3 Å². The molecule has 1 aliphatic carbocycles. The molecule has 0 amide bonds. The van der Waals surface area contributed by atoms with E-state index in [4.69, 9.17) is 0 Å². The summed E-state index contributed by atoms with van der Waals surface area (Å²) in [6.07, 6.45) is -8.80. The average molecular weight is 277 g/mol. The van der Waals surface area contributed by atoms with Crippen molar-refractivity contribution in [3.8, 4) is 0 Å². The van der Waals surface area contributed by atoms with E-state index in [1.165, 1.54) is 6.92 Å². The summed E-state index contributed by atoms with van der Waals surface area (Å²) in [6.45, 7) is 1.41. The summed E-state index contributed by atoms with van der Waals surface area (Å²) in [5.74, 6) is -1.30. The Hall–Kier alpha value is -0.460. The lowest BCUT2D eigenvalue weighted by Gasteiger charge is -2.32. The lowest BCUT2D eigenvalue weighted by molar-refractivity contribution is -0.183. The predicted molar refractivity (Wildman–Crippen MR) is 55.1 cm³/mol. The molecule has 1 atom stereocenters. The van der Waals surface area contributed by atoms with Crippen molar-refractivity contribution >= 4 is 0 Å². The Labute approximate surface area is 102 Å². The van der Waals surface area contributed by atoms with E-state index < -0.39 is 30.7 Å². The zero-order valence-corrected chi connectivity index (χ0v) is 10.0. The lowest BCUT2D eigenvalue weighted by atomic mass is 9.85. The van der Waals surface area contributed by atoms with Crippen LogP contribution in [0.25, 0.3) is 0 Å². The van der Waals surface area contributed by atoms with Crippen LogP contribution in [0.4, 0.5) is 26.3 Å². The highest BCUT2D eigenvalue weighted by Crippen LogP contribution is 2.37. The SMILES string of the molecule is CC(CC(F)(F)F)NC1CCC(C(F)(F)F)CC1. The zero-order chi connectivity index (χ0) is 14.0. The summed E-state index contributed by atoms with van der Waals surface area (Å²) in [5.41, 5.74) is 0. The fourth-order valence-electron chi connectivity index (χ4n) is 2.40. The van der Waals surface area contributed by atoms with Crippen LogP contribution < -0.4 is 5.32 Å². The topological polar surface area (TPSA) is 12.0 Å². The highest BCUT2D eigenvalue weighted by atomic mass is 19.4. The molecule has 0 spiro atoms. The van der Waals surface area contributed by atoms with E-state index in [0.29, 0.717) is 0 Å². The molecule has 0 aromatic heterocycles. The Morgan fingerprint density at radius 3 is 1.89 bits per heavy atom. The summed E-state index contributed by atoms with van der Waals surface area (Å²) in [6, 6.07) is -0.988. The van der Waals surface area contributed by atoms with Gasteiger partial charge in [-0.1, -0.05) is 0 Å². The minimum atomic E-state index is -4.24. The third-order valence-electron chi connectivity index (χ3n) is 3.25. The standard InChI is InChI=1S/C11H17F6N/c1-7(6-10(12,13)14)18-9-4-2-8(3-5-9)11(15,16)17/h7-9,18H,2-6H2,1H3. The van der Waals surface area contributed by atoms with Crippen molar-refractivity contribution in [2.75, 3.05) is 0 Å². The quantitative estimate of drug-likeness (QED) is 0.768. The molecule has 1 fully saturated rings. The van der Waals surface area contributed by atoms with Crippen LogP contribution in [-0.2, 0) is 0 Å². The number of hydrogen-bond acceptors (Lipinski definition) is 1. The molecule has 7 heteroatoms. The van der Waals surface area contributed by atoms with Crippen LogP contribution in [0.1, 0.15) is 39.0 Å².